The van der Waals surface area contributed by atoms with Gasteiger partial charge >= 0.3 is 18.2 Å². The van der Waals surface area contributed by atoms with Crippen molar-refractivity contribution < 1.29 is 42.9 Å². The number of hydrogen-bond donors (Lipinski definition) is 3. The molecule has 0 spiro atoms. The van der Waals surface area contributed by atoms with E-state index in [1.807, 2.05) is 66.7 Å². The number of esters is 1. The zero-order chi connectivity index (χ0) is 32.0. The minimum Gasteiger partial charge on any atom is -0.491 e. The molecule has 0 aliphatic carbocycles. The van der Waals surface area contributed by atoms with Gasteiger partial charge in [-0.15, -0.1) is 0 Å². The zero-order valence-electron chi connectivity index (χ0n) is 24.8. The Labute approximate surface area is 260 Å². The number of nitrogens with one attached hydrogen (secondary N) is 3. The lowest BCUT2D eigenvalue weighted by Gasteiger charge is -2.13. The van der Waals surface area contributed by atoms with E-state index >= 15 is 0 Å². The maximum absolute atomic E-state index is 12.3. The number of rotatable bonds is 13. The van der Waals surface area contributed by atoms with Gasteiger partial charge < -0.3 is 29.0 Å². The fraction of sp³-hybridized carbons (Fsp3) is 0.303. The fourth-order valence-electron chi connectivity index (χ4n) is 4.52. The highest BCUT2D eigenvalue weighted by Crippen LogP contribution is 2.24. The highest BCUT2D eigenvalue weighted by atomic mass is 16.7. The number of hydrogen-bond acceptors (Lipinski definition) is 10. The molecular formula is C33H35N3O9. The molecule has 12 heteroatoms. The van der Waals surface area contributed by atoms with Crippen molar-refractivity contribution in [2.45, 2.75) is 32.4 Å². The van der Waals surface area contributed by atoms with Crippen LogP contribution in [0.1, 0.15) is 30.9 Å². The molecule has 2 amide bonds. The second-order valence-corrected chi connectivity index (χ2v) is 10.1. The molecule has 0 bridgehead atoms. The van der Waals surface area contributed by atoms with Crippen LogP contribution in [0.5, 0.6) is 5.75 Å². The van der Waals surface area contributed by atoms with Crippen LogP contribution in [-0.4, -0.2) is 62.4 Å². The minimum absolute atomic E-state index is 0.0675. The van der Waals surface area contributed by atoms with E-state index in [1.54, 1.807) is 19.1 Å². The third kappa shape index (κ3) is 10.4. The monoisotopic (exact) mass is 617 g/mol. The van der Waals surface area contributed by atoms with Crippen LogP contribution in [0.2, 0.25) is 0 Å². The van der Waals surface area contributed by atoms with Crippen LogP contribution in [0.25, 0.3) is 11.1 Å². The lowest BCUT2D eigenvalue weighted by molar-refractivity contribution is -0.147. The SMILES string of the molecule is CCOC(=O)OCCOC(=O)C[C@@H]1C[C@@H](COc2ccc(-c3ccc(C(=N)NC(=O)OCc4ccccc4)cc3)cc2)NC1=O. The lowest BCUT2D eigenvalue weighted by Crippen LogP contribution is -2.31. The highest BCUT2D eigenvalue weighted by Gasteiger charge is 2.34. The Morgan fingerprint density at radius 2 is 1.53 bits per heavy atom. The van der Waals surface area contributed by atoms with Gasteiger partial charge in [0, 0.05) is 5.56 Å². The summed E-state index contributed by atoms with van der Waals surface area (Å²) >= 11 is 0. The number of amidine groups is 1. The number of benzene rings is 3. The summed E-state index contributed by atoms with van der Waals surface area (Å²) in [5, 5.41) is 13.5. The molecule has 2 atom stereocenters. The van der Waals surface area contributed by atoms with Crippen molar-refractivity contribution in [2.75, 3.05) is 26.4 Å². The van der Waals surface area contributed by atoms with E-state index in [1.165, 1.54) is 0 Å². The van der Waals surface area contributed by atoms with Gasteiger partial charge in [-0.25, -0.2) is 9.59 Å². The van der Waals surface area contributed by atoms with Crippen molar-refractivity contribution in [3.8, 4) is 16.9 Å². The molecule has 1 fully saturated rings. The summed E-state index contributed by atoms with van der Waals surface area (Å²) in [5.41, 5.74) is 3.22. The number of ether oxygens (including phenoxy) is 5. The zero-order valence-corrected chi connectivity index (χ0v) is 24.8. The Bertz CT molecular complexity index is 1460. The normalized spacial score (nSPS) is 15.4. The Kier molecular flexibility index (Phi) is 11.9. The van der Waals surface area contributed by atoms with Gasteiger partial charge in [-0.05, 0) is 42.2 Å². The number of carbonyl (C=O) groups is 4. The van der Waals surface area contributed by atoms with Gasteiger partial charge in [0.25, 0.3) is 0 Å². The molecule has 3 aromatic rings. The molecule has 3 N–H and O–H groups in total. The highest BCUT2D eigenvalue weighted by molar-refractivity contribution is 6.04. The Morgan fingerprint density at radius 1 is 0.867 bits per heavy atom. The summed E-state index contributed by atoms with van der Waals surface area (Å²) in [4.78, 5) is 47.6. The Balaban J connectivity index is 1.17. The summed E-state index contributed by atoms with van der Waals surface area (Å²) in [6.07, 6.45) is -1.19. The number of amides is 2. The van der Waals surface area contributed by atoms with Gasteiger partial charge in [0.2, 0.25) is 5.91 Å². The molecular weight excluding hydrogens is 582 g/mol. The molecule has 1 heterocycles. The van der Waals surface area contributed by atoms with E-state index in [9.17, 15) is 19.2 Å². The lowest BCUT2D eigenvalue weighted by atomic mass is 10.0. The average Bonchev–Trinajstić information content (AvgIpc) is 3.40. The molecule has 3 aromatic carbocycles. The maximum Gasteiger partial charge on any atom is 0.508 e. The first kappa shape index (κ1) is 32.5. The van der Waals surface area contributed by atoms with Gasteiger partial charge in [0.1, 0.15) is 38.0 Å². The molecule has 0 radical (unpaired) electrons. The maximum atomic E-state index is 12.3. The van der Waals surface area contributed by atoms with E-state index in [0.717, 1.165) is 16.7 Å². The first-order chi connectivity index (χ1) is 21.8. The summed E-state index contributed by atoms with van der Waals surface area (Å²) in [6, 6.07) is 23.6. The number of alkyl carbamates (subject to hydrolysis) is 1. The average molecular weight is 618 g/mol. The van der Waals surface area contributed by atoms with Crippen LogP contribution in [0, 0.1) is 11.3 Å². The van der Waals surface area contributed by atoms with Crippen molar-refractivity contribution >= 4 is 30.0 Å². The summed E-state index contributed by atoms with van der Waals surface area (Å²) in [7, 11) is 0. The molecule has 0 unspecified atom stereocenters. The van der Waals surface area contributed by atoms with E-state index < -0.39 is 24.1 Å². The Hall–Kier alpha value is -5.39. The van der Waals surface area contributed by atoms with Crippen LogP contribution in [-0.2, 0) is 35.1 Å². The van der Waals surface area contributed by atoms with Gasteiger partial charge in [-0.3, -0.25) is 20.3 Å². The van der Waals surface area contributed by atoms with E-state index in [4.69, 9.17) is 24.4 Å². The van der Waals surface area contributed by atoms with Crippen LogP contribution in [0.4, 0.5) is 9.59 Å². The topological polar surface area (TPSA) is 162 Å². The van der Waals surface area contributed by atoms with E-state index in [2.05, 4.69) is 15.4 Å². The van der Waals surface area contributed by atoms with Crippen LogP contribution >= 0.6 is 0 Å². The van der Waals surface area contributed by atoms with Crippen molar-refractivity contribution in [3.05, 3.63) is 90.0 Å². The predicted octanol–water partition coefficient (Wildman–Crippen LogP) is 4.60. The fourth-order valence-corrected chi connectivity index (χ4v) is 4.52. The molecule has 236 valence electrons. The molecule has 1 aliphatic rings. The Morgan fingerprint density at radius 3 is 2.22 bits per heavy atom. The molecule has 1 aliphatic heterocycles. The van der Waals surface area contributed by atoms with Gasteiger partial charge in [-0.2, -0.15) is 0 Å². The van der Waals surface area contributed by atoms with Gasteiger partial charge in [-0.1, -0.05) is 66.7 Å². The second-order valence-electron chi connectivity index (χ2n) is 10.1. The molecule has 12 nitrogen and oxygen atoms in total. The molecule has 4 rings (SSSR count). The van der Waals surface area contributed by atoms with Crippen LogP contribution in [0.15, 0.2) is 78.9 Å². The van der Waals surface area contributed by atoms with Gasteiger partial charge in [0.05, 0.1) is 25.0 Å². The third-order valence-corrected chi connectivity index (χ3v) is 6.78. The van der Waals surface area contributed by atoms with Crippen LogP contribution in [0.3, 0.4) is 0 Å². The molecule has 45 heavy (non-hydrogen) atoms. The van der Waals surface area contributed by atoms with Crippen molar-refractivity contribution in [1.82, 2.24) is 10.6 Å². The second kappa shape index (κ2) is 16.5. The van der Waals surface area contributed by atoms with E-state index in [-0.39, 0.29) is 57.2 Å². The summed E-state index contributed by atoms with van der Waals surface area (Å²) in [5.74, 6) is -0.771. The third-order valence-electron chi connectivity index (χ3n) is 6.78. The summed E-state index contributed by atoms with van der Waals surface area (Å²) < 4.78 is 25.4. The standard InChI is InChI=1S/C33H35N3O9/c1-2-41-33(40)43-17-16-42-29(37)19-26-18-27(35-31(26)38)21-44-28-14-12-24(13-15-28)23-8-10-25(11-9-23)30(34)36-32(39)45-20-22-6-4-3-5-7-22/h3-15,26-27H,2,16-21H2,1H3,(H,35,38)(H2,34,36,39)/t26-,27-/m0/s1. The quantitative estimate of drug-likeness (QED) is 0.0818. The first-order valence-corrected chi connectivity index (χ1v) is 14.5. The largest absolute Gasteiger partial charge is 0.508 e. The summed E-state index contributed by atoms with van der Waals surface area (Å²) in [6.45, 7) is 1.94. The van der Waals surface area contributed by atoms with Crippen molar-refractivity contribution in [3.63, 3.8) is 0 Å². The predicted molar refractivity (Wildman–Crippen MR) is 163 cm³/mol. The van der Waals surface area contributed by atoms with Gasteiger partial charge in [0.15, 0.2) is 0 Å². The molecule has 1 saturated heterocycles. The van der Waals surface area contributed by atoms with E-state index in [0.29, 0.717) is 17.7 Å². The smallest absolute Gasteiger partial charge is 0.491 e. The first-order valence-electron chi connectivity index (χ1n) is 14.5. The minimum atomic E-state index is -0.831. The van der Waals surface area contributed by atoms with Crippen molar-refractivity contribution in [1.29, 1.82) is 5.41 Å². The molecule has 0 aromatic heterocycles. The number of carbonyl (C=O) groups excluding carboxylic acids is 4. The molecule has 0 saturated carbocycles. The van der Waals surface area contributed by atoms with Crippen molar-refractivity contribution in [2.24, 2.45) is 5.92 Å². The van der Waals surface area contributed by atoms with Crippen LogP contribution < -0.4 is 15.4 Å².